The topological polar surface area (TPSA) is 116 Å². The Labute approximate surface area is 138 Å². The molecule has 0 aliphatic carbocycles. The highest BCUT2D eigenvalue weighted by molar-refractivity contribution is 5.98. The summed E-state index contributed by atoms with van der Waals surface area (Å²) in [4.78, 5) is 34.6. The van der Waals surface area contributed by atoms with Crippen molar-refractivity contribution in [2.75, 3.05) is 0 Å². The van der Waals surface area contributed by atoms with Gasteiger partial charge in [0.05, 0.1) is 17.1 Å². The summed E-state index contributed by atoms with van der Waals surface area (Å²) in [7, 11) is 0. The number of ether oxygens (including phenoxy) is 1. The molecule has 0 fully saturated rings. The molecule has 0 unspecified atom stereocenters. The summed E-state index contributed by atoms with van der Waals surface area (Å²) < 4.78 is 6.72. The molecule has 2 rings (SSSR count). The molecule has 1 heterocycles. The number of aromatic nitrogens is 2. The molecule has 0 aliphatic rings. The second kappa shape index (κ2) is 6.95. The number of carbonyl (C=O) groups is 3. The first-order valence-corrected chi connectivity index (χ1v) is 7.24. The van der Waals surface area contributed by atoms with Crippen LogP contribution in [0.1, 0.15) is 28.7 Å². The molecule has 0 bridgehead atoms. The van der Waals surface area contributed by atoms with Gasteiger partial charge in [0.1, 0.15) is 5.56 Å². The largest absolute Gasteiger partial charge is 0.449 e. The van der Waals surface area contributed by atoms with Gasteiger partial charge in [-0.25, -0.2) is 14.3 Å². The Morgan fingerprint density at radius 2 is 1.83 bits per heavy atom. The number of nitrogens with zero attached hydrogens (tertiary/aromatic N) is 2. The SMILES string of the molecule is Cc1nn(-c2ccccc2)c(C)c1C(=O)O[C@@H](C)C(=O)NC(N)=O. The minimum Gasteiger partial charge on any atom is -0.449 e. The second-order valence-electron chi connectivity index (χ2n) is 5.19. The predicted molar refractivity (Wildman–Crippen MR) is 85.6 cm³/mol. The molecule has 8 heteroatoms. The Bertz CT molecular complexity index is 783. The minimum atomic E-state index is -1.16. The van der Waals surface area contributed by atoms with Crippen molar-refractivity contribution in [2.45, 2.75) is 26.9 Å². The van der Waals surface area contributed by atoms with Crippen LogP contribution in [0.15, 0.2) is 30.3 Å². The molecule has 3 amide bonds. The number of nitrogens with one attached hydrogen (secondary N) is 1. The van der Waals surface area contributed by atoms with Gasteiger partial charge in [0, 0.05) is 0 Å². The highest BCUT2D eigenvalue weighted by Gasteiger charge is 2.25. The molecule has 2 aromatic rings. The van der Waals surface area contributed by atoms with Crippen molar-refractivity contribution in [2.24, 2.45) is 5.73 Å². The third-order valence-electron chi connectivity index (χ3n) is 3.40. The van der Waals surface area contributed by atoms with Gasteiger partial charge in [0.15, 0.2) is 6.10 Å². The molecular formula is C16H18N4O4. The lowest BCUT2D eigenvalue weighted by Crippen LogP contribution is -2.42. The highest BCUT2D eigenvalue weighted by Crippen LogP contribution is 2.19. The number of hydrogen-bond acceptors (Lipinski definition) is 5. The van der Waals surface area contributed by atoms with E-state index in [1.807, 2.05) is 35.6 Å². The smallest absolute Gasteiger partial charge is 0.342 e. The average molecular weight is 330 g/mol. The Kier molecular flexibility index (Phi) is 4.98. The van der Waals surface area contributed by atoms with E-state index in [0.29, 0.717) is 11.4 Å². The number of amides is 3. The fourth-order valence-electron chi connectivity index (χ4n) is 2.25. The molecule has 1 atom stereocenters. The number of esters is 1. The van der Waals surface area contributed by atoms with Crippen LogP contribution in [0.25, 0.3) is 5.69 Å². The maximum Gasteiger partial charge on any atom is 0.342 e. The van der Waals surface area contributed by atoms with Gasteiger partial charge < -0.3 is 10.5 Å². The first-order chi connectivity index (χ1) is 11.3. The Morgan fingerprint density at radius 1 is 1.21 bits per heavy atom. The van der Waals surface area contributed by atoms with Crippen LogP contribution in [0.2, 0.25) is 0 Å². The lowest BCUT2D eigenvalue weighted by atomic mass is 10.2. The van der Waals surface area contributed by atoms with Crippen LogP contribution in [0.3, 0.4) is 0 Å². The fraction of sp³-hybridized carbons (Fsp3) is 0.250. The standard InChI is InChI=1S/C16H18N4O4/c1-9-13(15(22)24-11(3)14(21)18-16(17)23)10(2)20(19-9)12-7-5-4-6-8-12/h4-8,11H,1-3H3,(H3,17,18,21,23)/t11-/m0/s1. The van der Waals surface area contributed by atoms with Crippen LogP contribution >= 0.6 is 0 Å². The first-order valence-electron chi connectivity index (χ1n) is 7.24. The summed E-state index contributed by atoms with van der Waals surface area (Å²) in [6, 6.07) is 8.31. The number of benzene rings is 1. The monoisotopic (exact) mass is 330 g/mol. The normalized spacial score (nSPS) is 11.6. The molecule has 24 heavy (non-hydrogen) atoms. The van der Waals surface area contributed by atoms with Gasteiger partial charge >= 0.3 is 12.0 Å². The Hall–Kier alpha value is -3.16. The molecular weight excluding hydrogens is 312 g/mol. The third kappa shape index (κ3) is 3.60. The van der Waals surface area contributed by atoms with Crippen LogP contribution in [-0.2, 0) is 9.53 Å². The van der Waals surface area contributed by atoms with E-state index in [1.54, 1.807) is 18.5 Å². The zero-order valence-electron chi connectivity index (χ0n) is 13.6. The fourth-order valence-corrected chi connectivity index (χ4v) is 2.25. The first kappa shape index (κ1) is 17.2. The lowest BCUT2D eigenvalue weighted by Gasteiger charge is -2.12. The van der Waals surface area contributed by atoms with Gasteiger partial charge in [-0.2, -0.15) is 5.10 Å². The van der Waals surface area contributed by atoms with Crippen LogP contribution in [0, 0.1) is 13.8 Å². The number of urea groups is 1. The summed E-state index contributed by atoms with van der Waals surface area (Å²) >= 11 is 0. The summed E-state index contributed by atoms with van der Waals surface area (Å²) in [6.07, 6.45) is -1.16. The number of imide groups is 1. The molecule has 0 saturated heterocycles. The van der Waals surface area contributed by atoms with Crippen molar-refractivity contribution in [3.63, 3.8) is 0 Å². The van der Waals surface area contributed by atoms with E-state index >= 15 is 0 Å². The zero-order chi connectivity index (χ0) is 17.9. The molecule has 8 nitrogen and oxygen atoms in total. The van der Waals surface area contributed by atoms with Gasteiger partial charge in [0.2, 0.25) is 0 Å². The molecule has 126 valence electrons. The summed E-state index contributed by atoms with van der Waals surface area (Å²) in [5.74, 6) is -1.49. The number of aryl methyl sites for hydroxylation is 1. The summed E-state index contributed by atoms with van der Waals surface area (Å²) in [6.45, 7) is 4.76. The minimum absolute atomic E-state index is 0.276. The van der Waals surface area contributed by atoms with E-state index < -0.39 is 24.0 Å². The molecule has 3 N–H and O–H groups in total. The predicted octanol–water partition coefficient (Wildman–Crippen LogP) is 1.23. The van der Waals surface area contributed by atoms with E-state index in [9.17, 15) is 14.4 Å². The maximum absolute atomic E-state index is 12.4. The maximum atomic E-state index is 12.4. The van der Waals surface area contributed by atoms with Gasteiger partial charge in [0.25, 0.3) is 5.91 Å². The summed E-state index contributed by atoms with van der Waals surface area (Å²) in [5.41, 5.74) is 7.01. The highest BCUT2D eigenvalue weighted by atomic mass is 16.5. The van der Waals surface area contributed by atoms with E-state index in [4.69, 9.17) is 10.5 Å². The van der Waals surface area contributed by atoms with Gasteiger partial charge in [-0.1, -0.05) is 18.2 Å². The van der Waals surface area contributed by atoms with E-state index in [-0.39, 0.29) is 5.56 Å². The number of carbonyl (C=O) groups excluding carboxylic acids is 3. The molecule has 0 spiro atoms. The Morgan fingerprint density at radius 3 is 2.42 bits per heavy atom. The molecule has 0 aliphatic heterocycles. The van der Waals surface area contributed by atoms with Crippen LogP contribution < -0.4 is 11.1 Å². The third-order valence-corrected chi connectivity index (χ3v) is 3.40. The molecule has 0 radical (unpaired) electrons. The molecule has 1 aromatic carbocycles. The van der Waals surface area contributed by atoms with Crippen molar-refractivity contribution in [3.8, 4) is 5.69 Å². The molecule has 0 saturated carbocycles. The number of rotatable bonds is 4. The number of para-hydroxylation sites is 1. The van der Waals surface area contributed by atoms with Crippen molar-refractivity contribution in [1.29, 1.82) is 0 Å². The van der Waals surface area contributed by atoms with Crippen molar-refractivity contribution < 1.29 is 19.1 Å². The van der Waals surface area contributed by atoms with E-state index in [0.717, 1.165) is 5.69 Å². The number of nitrogens with two attached hydrogens (primary N) is 1. The Balaban J connectivity index is 2.23. The van der Waals surface area contributed by atoms with E-state index in [1.165, 1.54) is 6.92 Å². The van der Waals surface area contributed by atoms with Crippen LogP contribution in [-0.4, -0.2) is 33.8 Å². The number of hydrogen-bond donors (Lipinski definition) is 2. The van der Waals surface area contributed by atoms with Gasteiger partial charge in [-0.05, 0) is 32.9 Å². The summed E-state index contributed by atoms with van der Waals surface area (Å²) in [5, 5.41) is 6.20. The average Bonchev–Trinajstić information content (AvgIpc) is 2.82. The zero-order valence-corrected chi connectivity index (χ0v) is 13.6. The van der Waals surface area contributed by atoms with E-state index in [2.05, 4.69) is 5.10 Å². The van der Waals surface area contributed by atoms with Crippen LogP contribution in [0.5, 0.6) is 0 Å². The van der Waals surface area contributed by atoms with Gasteiger partial charge in [-0.3, -0.25) is 10.1 Å². The van der Waals surface area contributed by atoms with Crippen molar-refractivity contribution in [3.05, 3.63) is 47.3 Å². The second-order valence-corrected chi connectivity index (χ2v) is 5.19. The van der Waals surface area contributed by atoms with Gasteiger partial charge in [-0.15, -0.1) is 0 Å². The number of primary amides is 1. The van der Waals surface area contributed by atoms with Crippen molar-refractivity contribution in [1.82, 2.24) is 15.1 Å². The van der Waals surface area contributed by atoms with Crippen LogP contribution in [0.4, 0.5) is 4.79 Å². The molecule has 1 aromatic heterocycles. The quantitative estimate of drug-likeness (QED) is 0.818. The lowest BCUT2D eigenvalue weighted by molar-refractivity contribution is -0.127. The van der Waals surface area contributed by atoms with Crippen molar-refractivity contribution >= 4 is 17.9 Å².